The third-order valence-corrected chi connectivity index (χ3v) is 2.17. The van der Waals surface area contributed by atoms with Gasteiger partial charge in [-0.2, -0.15) is 0 Å². The van der Waals surface area contributed by atoms with Crippen LogP contribution in [0.2, 0.25) is 5.02 Å². The summed E-state index contributed by atoms with van der Waals surface area (Å²) in [5.74, 6) is 0.280. The number of carbonyl (C=O) groups is 1. The Balaban J connectivity index is 2.65. The molecule has 0 N–H and O–H groups in total. The summed E-state index contributed by atoms with van der Waals surface area (Å²) in [7, 11) is 0. The molecule has 1 aliphatic heterocycles. The van der Waals surface area contributed by atoms with Crippen molar-refractivity contribution in [2.45, 2.75) is 6.92 Å². The van der Waals surface area contributed by atoms with Gasteiger partial charge in [0.15, 0.2) is 0 Å². The van der Waals surface area contributed by atoms with E-state index < -0.39 is 0 Å². The second kappa shape index (κ2) is 2.89. The first kappa shape index (κ1) is 8.32. The summed E-state index contributed by atoms with van der Waals surface area (Å²) in [4.78, 5) is 11.3. The molecule has 13 heavy (non-hydrogen) atoms. The lowest BCUT2D eigenvalue weighted by molar-refractivity contribution is 0.0715. The van der Waals surface area contributed by atoms with Crippen LogP contribution in [0.3, 0.4) is 0 Å². The normalized spacial score (nSPS) is 17.4. The van der Waals surface area contributed by atoms with Crippen molar-refractivity contribution in [1.29, 1.82) is 0 Å². The van der Waals surface area contributed by atoms with Gasteiger partial charge in [-0.25, -0.2) is 4.79 Å². The second-order valence-electron chi connectivity index (χ2n) is 2.73. The number of allylic oxidation sites excluding steroid dienone is 1. The Kier molecular flexibility index (Phi) is 1.85. The Bertz CT molecular complexity index is 407. The molecule has 0 spiro atoms. The summed E-state index contributed by atoms with van der Waals surface area (Å²) >= 11 is 5.75. The summed E-state index contributed by atoms with van der Waals surface area (Å²) < 4.78 is 5.00. The number of esters is 1. The average Bonchev–Trinajstić information content (AvgIpc) is 2.43. The smallest absolute Gasteiger partial charge is 0.344 e. The molecular formula is C10H7ClO2. The van der Waals surface area contributed by atoms with Crippen LogP contribution in [0.25, 0.3) is 5.76 Å². The van der Waals surface area contributed by atoms with Crippen LogP contribution in [0.1, 0.15) is 22.8 Å². The van der Waals surface area contributed by atoms with Crippen LogP contribution < -0.4 is 0 Å². The molecule has 0 saturated carbocycles. The number of cyclic esters (lactones) is 1. The first-order valence-corrected chi connectivity index (χ1v) is 4.28. The Morgan fingerprint density at radius 2 is 2.15 bits per heavy atom. The molecule has 1 aromatic carbocycles. The van der Waals surface area contributed by atoms with Gasteiger partial charge >= 0.3 is 5.97 Å². The Morgan fingerprint density at radius 3 is 2.85 bits per heavy atom. The van der Waals surface area contributed by atoms with Gasteiger partial charge in [-0.3, -0.25) is 0 Å². The van der Waals surface area contributed by atoms with E-state index in [0.717, 1.165) is 5.56 Å². The van der Waals surface area contributed by atoms with E-state index in [9.17, 15) is 4.79 Å². The average molecular weight is 195 g/mol. The van der Waals surface area contributed by atoms with Crippen molar-refractivity contribution in [2.24, 2.45) is 0 Å². The molecule has 0 unspecified atom stereocenters. The van der Waals surface area contributed by atoms with E-state index in [1.807, 2.05) is 6.92 Å². The van der Waals surface area contributed by atoms with Gasteiger partial charge in [0.25, 0.3) is 0 Å². The van der Waals surface area contributed by atoms with Crippen molar-refractivity contribution in [3.63, 3.8) is 0 Å². The first-order valence-electron chi connectivity index (χ1n) is 3.91. The molecule has 0 amide bonds. The van der Waals surface area contributed by atoms with Crippen LogP contribution in [0.5, 0.6) is 0 Å². The predicted octanol–water partition coefficient (Wildman–Crippen LogP) is 2.87. The van der Waals surface area contributed by atoms with Crippen LogP contribution in [0, 0.1) is 0 Å². The number of fused-ring (bicyclic) bond motifs is 1. The van der Waals surface area contributed by atoms with E-state index in [4.69, 9.17) is 16.3 Å². The molecule has 3 heteroatoms. The van der Waals surface area contributed by atoms with Crippen molar-refractivity contribution in [3.05, 3.63) is 40.4 Å². The zero-order valence-electron chi connectivity index (χ0n) is 7.00. The minimum absolute atomic E-state index is 0.328. The number of ether oxygens (including phenoxy) is 1. The zero-order valence-corrected chi connectivity index (χ0v) is 7.76. The highest BCUT2D eigenvalue weighted by Gasteiger charge is 2.25. The van der Waals surface area contributed by atoms with E-state index in [0.29, 0.717) is 16.3 Å². The fraction of sp³-hybridized carbons (Fsp3) is 0.100. The van der Waals surface area contributed by atoms with Crippen molar-refractivity contribution in [1.82, 2.24) is 0 Å². The van der Waals surface area contributed by atoms with E-state index in [1.165, 1.54) is 0 Å². The maximum atomic E-state index is 11.3. The van der Waals surface area contributed by atoms with Gasteiger partial charge in [-0.15, -0.1) is 0 Å². The van der Waals surface area contributed by atoms with E-state index in [2.05, 4.69) is 0 Å². The lowest BCUT2D eigenvalue weighted by atomic mass is 10.1. The van der Waals surface area contributed by atoms with E-state index >= 15 is 0 Å². The third-order valence-electron chi connectivity index (χ3n) is 1.93. The quantitative estimate of drug-likeness (QED) is 0.594. The zero-order chi connectivity index (χ0) is 9.42. The van der Waals surface area contributed by atoms with Crippen LogP contribution in [-0.2, 0) is 4.74 Å². The van der Waals surface area contributed by atoms with Crippen molar-refractivity contribution < 1.29 is 9.53 Å². The summed E-state index contributed by atoms with van der Waals surface area (Å²) in [5, 5.41) is 0.549. The molecule has 0 aliphatic carbocycles. The largest absolute Gasteiger partial charge is 0.423 e. The summed E-state index contributed by atoms with van der Waals surface area (Å²) in [6.45, 7) is 1.83. The predicted molar refractivity (Wildman–Crippen MR) is 50.5 cm³/mol. The van der Waals surface area contributed by atoms with Crippen molar-refractivity contribution in [3.8, 4) is 0 Å². The lowest BCUT2D eigenvalue weighted by Crippen LogP contribution is -1.92. The molecule has 2 rings (SSSR count). The number of benzene rings is 1. The van der Waals surface area contributed by atoms with Gasteiger partial charge in [0, 0.05) is 10.6 Å². The third kappa shape index (κ3) is 1.23. The highest BCUT2D eigenvalue weighted by atomic mass is 35.5. The van der Waals surface area contributed by atoms with E-state index in [1.54, 1.807) is 24.3 Å². The maximum Gasteiger partial charge on any atom is 0.344 e. The number of hydrogen-bond donors (Lipinski definition) is 0. The molecule has 0 saturated heterocycles. The molecule has 0 atom stereocenters. The standard InChI is InChI=1S/C10H7ClO2/c1-2-9-7-4-3-6(11)5-8(7)10(12)13-9/h2-5H,1H3/b9-2-. The molecule has 0 fully saturated rings. The van der Waals surface area contributed by atoms with Crippen molar-refractivity contribution >= 4 is 23.3 Å². The van der Waals surface area contributed by atoms with Gasteiger partial charge in [0.2, 0.25) is 0 Å². The molecular weight excluding hydrogens is 188 g/mol. The lowest BCUT2D eigenvalue weighted by Gasteiger charge is -1.95. The Hall–Kier alpha value is -1.28. The highest BCUT2D eigenvalue weighted by Crippen LogP contribution is 2.31. The minimum Gasteiger partial charge on any atom is -0.423 e. The van der Waals surface area contributed by atoms with Gasteiger partial charge < -0.3 is 4.74 Å². The molecule has 2 nitrogen and oxygen atoms in total. The minimum atomic E-state index is -0.328. The molecule has 66 valence electrons. The topological polar surface area (TPSA) is 26.3 Å². The van der Waals surface area contributed by atoms with Gasteiger partial charge in [-0.1, -0.05) is 11.6 Å². The van der Waals surface area contributed by atoms with Gasteiger partial charge in [-0.05, 0) is 31.2 Å². The summed E-state index contributed by atoms with van der Waals surface area (Å²) in [6.07, 6.45) is 1.76. The van der Waals surface area contributed by atoms with Gasteiger partial charge in [0.05, 0.1) is 5.56 Å². The Morgan fingerprint density at radius 1 is 1.38 bits per heavy atom. The van der Waals surface area contributed by atoms with Gasteiger partial charge in [0.1, 0.15) is 5.76 Å². The second-order valence-corrected chi connectivity index (χ2v) is 3.17. The van der Waals surface area contributed by atoms with Crippen LogP contribution >= 0.6 is 11.6 Å². The SMILES string of the molecule is C/C=C1\OC(=O)c2cc(Cl)ccc21. The maximum absolute atomic E-state index is 11.3. The number of halogens is 1. The molecule has 0 aromatic heterocycles. The molecule has 1 aliphatic rings. The first-order chi connectivity index (χ1) is 6.22. The number of rotatable bonds is 0. The molecule has 1 aromatic rings. The van der Waals surface area contributed by atoms with Crippen LogP contribution in [0.4, 0.5) is 0 Å². The number of carbonyl (C=O) groups excluding carboxylic acids is 1. The van der Waals surface area contributed by atoms with Crippen LogP contribution in [-0.4, -0.2) is 5.97 Å². The molecule has 0 radical (unpaired) electrons. The summed E-state index contributed by atoms with van der Waals surface area (Å²) in [5.41, 5.74) is 1.36. The number of hydrogen-bond acceptors (Lipinski definition) is 2. The summed E-state index contributed by atoms with van der Waals surface area (Å²) in [6, 6.07) is 5.15. The fourth-order valence-electron chi connectivity index (χ4n) is 1.32. The van der Waals surface area contributed by atoms with E-state index in [-0.39, 0.29) is 5.97 Å². The van der Waals surface area contributed by atoms with Crippen LogP contribution in [0.15, 0.2) is 24.3 Å². The fourth-order valence-corrected chi connectivity index (χ4v) is 1.50. The van der Waals surface area contributed by atoms with Crippen molar-refractivity contribution in [2.75, 3.05) is 0 Å². The molecule has 0 bridgehead atoms. The Labute approximate surface area is 80.8 Å². The highest BCUT2D eigenvalue weighted by molar-refractivity contribution is 6.31. The molecule has 1 heterocycles. The monoisotopic (exact) mass is 194 g/mol.